The molecule has 0 N–H and O–H groups in total. The molecule has 0 aliphatic carbocycles. The van der Waals surface area contributed by atoms with E-state index in [4.69, 9.17) is 0 Å². The van der Waals surface area contributed by atoms with E-state index in [0.29, 0.717) is 0 Å². The van der Waals surface area contributed by atoms with Gasteiger partial charge in [0.25, 0.3) is 0 Å². The van der Waals surface area contributed by atoms with Crippen LogP contribution in [0.25, 0.3) is 0 Å². The summed E-state index contributed by atoms with van der Waals surface area (Å²) in [5, 5.41) is 13.3. The van der Waals surface area contributed by atoms with Gasteiger partial charge in [-0.1, -0.05) is 0 Å². The van der Waals surface area contributed by atoms with Crippen LogP contribution in [0.2, 0.25) is 0 Å². The summed E-state index contributed by atoms with van der Waals surface area (Å²) in [5.74, 6) is -9.52. The molecule has 0 nitrogen and oxygen atoms in total. The van der Waals surface area contributed by atoms with Crippen molar-refractivity contribution in [2.45, 2.75) is 0 Å². The normalized spacial score (nSPS) is 12.9. The van der Waals surface area contributed by atoms with Crippen LogP contribution in [0.5, 0.6) is 0 Å². The first-order valence-electron chi connectivity index (χ1n) is 20.1. The van der Waals surface area contributed by atoms with E-state index in [1.807, 2.05) is 0 Å². The first-order chi connectivity index (χ1) is 28.8. The van der Waals surface area contributed by atoms with E-state index in [2.05, 4.69) is 273 Å². The Balaban J connectivity index is 1.68. The second kappa shape index (κ2) is 17.3. The van der Waals surface area contributed by atoms with Gasteiger partial charge in [0.15, 0.2) is 0 Å². The van der Waals surface area contributed by atoms with Crippen LogP contribution in [0, 0.1) is 0 Å². The fourth-order valence-electron chi connectivity index (χ4n) is 9.31. The van der Waals surface area contributed by atoms with E-state index in [-0.39, 0.29) is 0 Å². The summed E-state index contributed by atoms with van der Waals surface area (Å²) in [4.78, 5) is 0. The Kier molecular flexibility index (Phi) is 11.4. The van der Waals surface area contributed by atoms with Crippen molar-refractivity contribution in [1.82, 2.24) is 0 Å². The van der Waals surface area contributed by atoms with E-state index in [9.17, 15) is 0 Å². The van der Waals surface area contributed by atoms with Crippen LogP contribution in [-0.2, 0) is 12.3 Å². The molecular weight excluding hydrogens is 800 g/mol. The monoisotopic (exact) mass is 851 g/mol. The Hall–Kier alpha value is -5.22. The SMILES string of the molecule is c1ccc([PH](c2ccccc2)(c2ccccc2)[CoH3]([PH](c2ccccc2)(c2ccccc2)c2ccccc2)[PH](c2ccccc2)(c2ccccc2)c2ccccc2)cc1. The third-order valence-electron chi connectivity index (χ3n) is 11.5. The molecule has 0 spiro atoms. The molecule has 0 aromatic heterocycles. The van der Waals surface area contributed by atoms with Crippen molar-refractivity contribution in [3.63, 3.8) is 0 Å². The van der Waals surface area contributed by atoms with Gasteiger partial charge < -0.3 is 0 Å². The third kappa shape index (κ3) is 6.53. The van der Waals surface area contributed by atoms with Gasteiger partial charge in [0, 0.05) is 0 Å². The molecule has 0 unspecified atom stereocenters. The first kappa shape index (κ1) is 38.3. The maximum atomic E-state index is 2.50. The number of rotatable bonds is 12. The van der Waals surface area contributed by atoms with Gasteiger partial charge in [-0.15, -0.1) is 0 Å². The van der Waals surface area contributed by atoms with Gasteiger partial charge in [-0.25, -0.2) is 0 Å². The average Bonchev–Trinajstić information content (AvgIpc) is 3.33. The van der Waals surface area contributed by atoms with Crippen LogP contribution in [0.4, 0.5) is 0 Å². The van der Waals surface area contributed by atoms with Crippen molar-refractivity contribution in [1.29, 1.82) is 0 Å². The molecule has 0 saturated heterocycles. The zero-order valence-corrected chi connectivity index (χ0v) is 36.7. The van der Waals surface area contributed by atoms with E-state index in [1.165, 1.54) is 47.7 Å². The van der Waals surface area contributed by atoms with Gasteiger partial charge in [-0.2, -0.15) is 0 Å². The average molecular weight is 852 g/mol. The third-order valence-corrected chi connectivity index (χ3v) is 65.0. The second-order valence-corrected chi connectivity index (χ2v) is 43.6. The molecule has 0 aliphatic heterocycles. The molecule has 9 aromatic carbocycles. The molecule has 0 bridgehead atoms. The Labute approximate surface area is 349 Å². The molecule has 0 radical (unpaired) electrons. The Morgan fingerprint density at radius 3 is 0.362 bits per heavy atom. The molecule has 4 heteroatoms. The molecule has 58 heavy (non-hydrogen) atoms. The summed E-state index contributed by atoms with van der Waals surface area (Å²) in [6, 6.07) is 106. The van der Waals surface area contributed by atoms with Crippen molar-refractivity contribution >= 4 is 65.7 Å². The molecule has 0 heterocycles. The molecule has 0 atom stereocenters. The topological polar surface area (TPSA) is 0 Å². The number of hydrogen-bond donors (Lipinski definition) is 0. The number of benzene rings is 9. The van der Waals surface area contributed by atoms with Crippen LogP contribution in [0.3, 0.4) is 0 Å². The minimum atomic E-state index is -3.17. The van der Waals surface area contributed by atoms with Crippen molar-refractivity contribution in [2.75, 3.05) is 0 Å². The van der Waals surface area contributed by atoms with Gasteiger partial charge in [0.2, 0.25) is 0 Å². The molecule has 0 fully saturated rings. The quantitative estimate of drug-likeness (QED) is 0.108. The minimum absolute atomic E-state index is 1.48. The summed E-state index contributed by atoms with van der Waals surface area (Å²) < 4.78 is 0. The fourth-order valence-corrected chi connectivity index (χ4v) is 87.2. The van der Waals surface area contributed by atoms with E-state index in [1.54, 1.807) is 0 Å². The summed E-state index contributed by atoms with van der Waals surface area (Å²) >= 11 is -2.34. The fraction of sp³-hybridized carbons (Fsp3) is 0. The van der Waals surface area contributed by atoms with Crippen molar-refractivity contribution in [3.05, 3.63) is 273 Å². The first-order valence-corrected chi connectivity index (χ1v) is 31.5. The van der Waals surface area contributed by atoms with Gasteiger partial charge in [0.1, 0.15) is 0 Å². The van der Waals surface area contributed by atoms with Gasteiger partial charge >= 0.3 is 351 Å². The van der Waals surface area contributed by atoms with E-state index >= 15 is 0 Å². The second-order valence-electron chi connectivity index (χ2n) is 14.6. The summed E-state index contributed by atoms with van der Waals surface area (Å²) in [7, 11) is 0. The summed E-state index contributed by atoms with van der Waals surface area (Å²) in [6.07, 6.45) is 0. The van der Waals surface area contributed by atoms with Crippen LogP contribution in [0.1, 0.15) is 0 Å². The van der Waals surface area contributed by atoms with E-state index in [0.717, 1.165) is 0 Å². The standard InChI is InChI=1S/3C18H15P.Co.3H/c3*1-4-10-16(11-5-1)19(17-12-6-2-7-13-17)18-14-8-3-9-15-18;;;;/h3*1-15H;;;;/q;;;-3;;;/p+3. The number of hydrogen-bond acceptors (Lipinski definition) is 0. The predicted molar refractivity (Wildman–Crippen MR) is 264 cm³/mol. The van der Waals surface area contributed by atoms with Crippen LogP contribution >= 0.6 is 18.0 Å². The van der Waals surface area contributed by atoms with Crippen molar-refractivity contribution in [3.8, 4) is 0 Å². The molecule has 0 saturated carbocycles. The van der Waals surface area contributed by atoms with Crippen LogP contribution in [-0.4, -0.2) is 0 Å². The van der Waals surface area contributed by atoms with Gasteiger partial charge in [-0.05, 0) is 0 Å². The summed E-state index contributed by atoms with van der Waals surface area (Å²) in [5.41, 5.74) is 0. The molecular formula is C54H51CoP3. The van der Waals surface area contributed by atoms with E-state index < -0.39 is 30.3 Å². The predicted octanol–water partition coefficient (Wildman–Crippen LogP) is 8.73. The van der Waals surface area contributed by atoms with Gasteiger partial charge in [0.05, 0.1) is 0 Å². The Morgan fingerprint density at radius 2 is 0.259 bits per heavy atom. The zero-order chi connectivity index (χ0) is 39.1. The Bertz CT molecular complexity index is 2040. The molecule has 9 rings (SSSR count). The van der Waals surface area contributed by atoms with Crippen molar-refractivity contribution in [2.24, 2.45) is 0 Å². The van der Waals surface area contributed by atoms with Crippen LogP contribution < -0.4 is 47.7 Å². The zero-order valence-electron chi connectivity index (χ0n) is 32.4. The molecule has 9 aromatic rings. The van der Waals surface area contributed by atoms with Gasteiger partial charge in [-0.3, -0.25) is 0 Å². The maximum absolute atomic E-state index is 3.17. The van der Waals surface area contributed by atoms with Crippen molar-refractivity contribution < 1.29 is 12.3 Å². The Morgan fingerprint density at radius 1 is 0.155 bits per heavy atom. The summed E-state index contributed by atoms with van der Waals surface area (Å²) in [6.45, 7) is 0. The molecule has 0 aliphatic rings. The van der Waals surface area contributed by atoms with Crippen LogP contribution in [0.15, 0.2) is 273 Å². The molecule has 291 valence electrons. The molecule has 0 amide bonds.